The van der Waals surface area contributed by atoms with Gasteiger partial charge in [0, 0.05) is 6.54 Å². The monoisotopic (exact) mass is 273 g/mol. The van der Waals surface area contributed by atoms with Crippen molar-refractivity contribution < 1.29 is 0 Å². The van der Waals surface area contributed by atoms with Crippen LogP contribution in [0.3, 0.4) is 0 Å². The van der Waals surface area contributed by atoms with Crippen molar-refractivity contribution in [2.75, 3.05) is 11.9 Å². The van der Waals surface area contributed by atoms with Crippen LogP contribution in [0.15, 0.2) is 15.5 Å². The van der Waals surface area contributed by atoms with E-state index in [4.69, 9.17) is 0 Å². The van der Waals surface area contributed by atoms with E-state index in [1.54, 1.807) is 6.20 Å². The smallest absolute Gasteiger partial charge is 0.283 e. The summed E-state index contributed by atoms with van der Waals surface area (Å²) >= 11 is 3.29. The molecule has 5 heteroatoms. The lowest BCUT2D eigenvalue weighted by Gasteiger charge is -2.11. The quantitative estimate of drug-likeness (QED) is 0.917. The normalized spacial score (nSPS) is 10.7. The molecule has 1 aromatic rings. The number of hydrogen-bond acceptors (Lipinski definition) is 3. The Kier molecular flexibility index (Phi) is 4.32. The molecule has 0 bridgehead atoms. The molecule has 0 aliphatic rings. The van der Waals surface area contributed by atoms with E-state index in [1.165, 1.54) is 4.68 Å². The topological polar surface area (TPSA) is 46.9 Å². The molecule has 0 saturated carbocycles. The molecule has 1 N–H and O–H groups in total. The third-order valence-electron chi connectivity index (χ3n) is 2.00. The standard InChI is InChI=1S/C10H16BrN3O/c1-4-5-12-8-6-13-14(7(2)3)10(15)9(8)11/h6-7,12H,4-5H2,1-3H3. The Labute approximate surface area is 97.8 Å². The van der Waals surface area contributed by atoms with E-state index in [9.17, 15) is 4.79 Å². The van der Waals surface area contributed by atoms with Crippen LogP contribution in [0.5, 0.6) is 0 Å². The zero-order valence-corrected chi connectivity index (χ0v) is 10.8. The summed E-state index contributed by atoms with van der Waals surface area (Å²) in [5.74, 6) is 0. The fourth-order valence-corrected chi connectivity index (χ4v) is 1.62. The summed E-state index contributed by atoms with van der Waals surface area (Å²) in [5, 5.41) is 7.25. The zero-order valence-electron chi connectivity index (χ0n) is 9.25. The molecule has 15 heavy (non-hydrogen) atoms. The number of nitrogens with one attached hydrogen (secondary N) is 1. The van der Waals surface area contributed by atoms with E-state index < -0.39 is 0 Å². The maximum absolute atomic E-state index is 11.8. The average Bonchev–Trinajstić information content (AvgIpc) is 2.20. The lowest BCUT2D eigenvalue weighted by molar-refractivity contribution is 0.501. The molecule has 0 amide bonds. The van der Waals surface area contributed by atoms with E-state index in [0.29, 0.717) is 4.47 Å². The van der Waals surface area contributed by atoms with Gasteiger partial charge >= 0.3 is 0 Å². The molecule has 4 nitrogen and oxygen atoms in total. The molecule has 1 heterocycles. The van der Waals surface area contributed by atoms with Crippen molar-refractivity contribution in [3.05, 3.63) is 21.0 Å². The third kappa shape index (κ3) is 2.81. The summed E-state index contributed by atoms with van der Waals surface area (Å²) in [4.78, 5) is 11.8. The van der Waals surface area contributed by atoms with E-state index in [1.807, 2.05) is 13.8 Å². The second kappa shape index (κ2) is 5.30. The summed E-state index contributed by atoms with van der Waals surface area (Å²) in [6.07, 6.45) is 2.70. The highest BCUT2D eigenvalue weighted by molar-refractivity contribution is 9.10. The summed E-state index contributed by atoms with van der Waals surface area (Å²) in [5.41, 5.74) is 0.671. The van der Waals surface area contributed by atoms with Crippen molar-refractivity contribution in [3.63, 3.8) is 0 Å². The molecule has 0 unspecified atom stereocenters. The first kappa shape index (κ1) is 12.2. The SMILES string of the molecule is CCCNc1cnn(C(C)C)c(=O)c1Br. The van der Waals surface area contributed by atoms with Crippen LogP contribution >= 0.6 is 15.9 Å². The zero-order chi connectivity index (χ0) is 11.4. The molecule has 1 rings (SSSR count). The van der Waals surface area contributed by atoms with E-state index in [2.05, 4.69) is 33.3 Å². The number of rotatable bonds is 4. The van der Waals surface area contributed by atoms with Gasteiger partial charge in [-0.3, -0.25) is 4.79 Å². The van der Waals surface area contributed by atoms with E-state index in [0.717, 1.165) is 18.7 Å². The lowest BCUT2D eigenvalue weighted by Crippen LogP contribution is -2.26. The van der Waals surface area contributed by atoms with Crippen LogP contribution in [0.4, 0.5) is 5.69 Å². The van der Waals surface area contributed by atoms with Crippen LogP contribution in [0.25, 0.3) is 0 Å². The van der Waals surface area contributed by atoms with E-state index >= 15 is 0 Å². The van der Waals surface area contributed by atoms with Crippen molar-refractivity contribution in [2.45, 2.75) is 33.2 Å². The Balaban J connectivity index is 3.05. The maximum Gasteiger partial charge on any atom is 0.283 e. The largest absolute Gasteiger partial charge is 0.383 e. The molecule has 0 fully saturated rings. The minimum Gasteiger partial charge on any atom is -0.383 e. The summed E-state index contributed by atoms with van der Waals surface area (Å²) in [6.45, 7) is 6.77. The van der Waals surface area contributed by atoms with Crippen LogP contribution < -0.4 is 10.9 Å². The molecule has 0 saturated heterocycles. The number of anilines is 1. The Bertz CT molecular complexity index is 387. The van der Waals surface area contributed by atoms with Gasteiger partial charge in [-0.05, 0) is 36.2 Å². The first-order valence-corrected chi connectivity index (χ1v) is 5.88. The van der Waals surface area contributed by atoms with Gasteiger partial charge in [0.15, 0.2) is 0 Å². The predicted molar refractivity (Wildman–Crippen MR) is 65.4 cm³/mol. The summed E-state index contributed by atoms with van der Waals surface area (Å²) < 4.78 is 2.01. The van der Waals surface area contributed by atoms with Gasteiger partial charge in [-0.2, -0.15) is 5.10 Å². The molecule has 84 valence electrons. The minimum absolute atomic E-state index is 0.0778. The highest BCUT2D eigenvalue weighted by Gasteiger charge is 2.09. The highest BCUT2D eigenvalue weighted by atomic mass is 79.9. The molecule has 0 radical (unpaired) electrons. The first-order valence-electron chi connectivity index (χ1n) is 5.09. The highest BCUT2D eigenvalue weighted by Crippen LogP contribution is 2.16. The number of halogens is 1. The maximum atomic E-state index is 11.8. The summed E-state index contributed by atoms with van der Waals surface area (Å²) in [6, 6.07) is 0.0778. The van der Waals surface area contributed by atoms with Crippen LogP contribution in [0, 0.1) is 0 Å². The molecule has 0 aromatic carbocycles. The van der Waals surface area contributed by atoms with Crippen molar-refractivity contribution in [2.24, 2.45) is 0 Å². The van der Waals surface area contributed by atoms with Crippen molar-refractivity contribution in [3.8, 4) is 0 Å². The van der Waals surface area contributed by atoms with Crippen LogP contribution in [0.2, 0.25) is 0 Å². The molecule has 0 aliphatic heterocycles. The molecule has 0 aliphatic carbocycles. The fraction of sp³-hybridized carbons (Fsp3) is 0.600. The Morgan fingerprint density at radius 3 is 2.80 bits per heavy atom. The van der Waals surface area contributed by atoms with Crippen LogP contribution in [-0.2, 0) is 0 Å². The molecule has 0 spiro atoms. The Hall–Kier alpha value is -0.840. The van der Waals surface area contributed by atoms with Crippen molar-refractivity contribution in [1.82, 2.24) is 9.78 Å². The molecular formula is C10H16BrN3O. The van der Waals surface area contributed by atoms with Gasteiger partial charge in [-0.25, -0.2) is 4.68 Å². The number of nitrogens with zero attached hydrogens (tertiary/aromatic N) is 2. The van der Waals surface area contributed by atoms with Gasteiger partial charge < -0.3 is 5.32 Å². The van der Waals surface area contributed by atoms with Gasteiger partial charge in [0.05, 0.1) is 17.9 Å². The number of hydrogen-bond donors (Lipinski definition) is 1. The Morgan fingerprint density at radius 1 is 1.60 bits per heavy atom. The van der Waals surface area contributed by atoms with Crippen molar-refractivity contribution >= 4 is 21.6 Å². The number of aromatic nitrogens is 2. The second-order valence-electron chi connectivity index (χ2n) is 3.64. The fourth-order valence-electron chi connectivity index (χ4n) is 1.20. The average molecular weight is 274 g/mol. The van der Waals surface area contributed by atoms with E-state index in [-0.39, 0.29) is 11.6 Å². The molecule has 1 aromatic heterocycles. The van der Waals surface area contributed by atoms with Gasteiger partial charge in [-0.1, -0.05) is 6.92 Å². The van der Waals surface area contributed by atoms with Gasteiger partial charge in [0.25, 0.3) is 5.56 Å². The lowest BCUT2D eigenvalue weighted by atomic mass is 10.4. The summed E-state index contributed by atoms with van der Waals surface area (Å²) in [7, 11) is 0. The van der Waals surface area contributed by atoms with Crippen molar-refractivity contribution in [1.29, 1.82) is 0 Å². The van der Waals surface area contributed by atoms with Crippen LogP contribution in [0.1, 0.15) is 33.2 Å². The minimum atomic E-state index is -0.0916. The van der Waals surface area contributed by atoms with Crippen LogP contribution in [-0.4, -0.2) is 16.3 Å². The third-order valence-corrected chi connectivity index (χ3v) is 2.76. The Morgan fingerprint density at radius 2 is 2.27 bits per heavy atom. The first-order chi connectivity index (χ1) is 7.07. The van der Waals surface area contributed by atoms with Gasteiger partial charge in [0.2, 0.25) is 0 Å². The predicted octanol–water partition coefficient (Wildman–Crippen LogP) is 2.41. The van der Waals surface area contributed by atoms with Gasteiger partial charge in [-0.15, -0.1) is 0 Å². The molecular weight excluding hydrogens is 258 g/mol. The van der Waals surface area contributed by atoms with Gasteiger partial charge in [0.1, 0.15) is 4.47 Å². The second-order valence-corrected chi connectivity index (χ2v) is 4.44. The molecule has 0 atom stereocenters.